The van der Waals surface area contributed by atoms with Gasteiger partial charge in [0.05, 0.1) is 22.8 Å². The molecule has 12 rings (SSSR count). The van der Waals surface area contributed by atoms with Crippen molar-refractivity contribution < 1.29 is 4.42 Å². The highest BCUT2D eigenvalue weighted by atomic mass is 16.3. The first-order valence-corrected chi connectivity index (χ1v) is 19.1. The Bertz CT molecular complexity index is 3230. The molecule has 2 aromatic heterocycles. The Kier molecular flexibility index (Phi) is 6.46. The quantitative estimate of drug-likeness (QED) is 0.182. The van der Waals surface area contributed by atoms with E-state index in [4.69, 9.17) is 4.42 Å². The van der Waals surface area contributed by atoms with Crippen LogP contribution < -0.4 is 4.90 Å². The highest BCUT2D eigenvalue weighted by molar-refractivity contribution is 6.14. The Morgan fingerprint density at radius 2 is 1.15 bits per heavy atom. The van der Waals surface area contributed by atoms with Crippen LogP contribution in [0.1, 0.15) is 11.5 Å². The SMILES string of the molecule is C1=CC2c3cc(-c4ccc5c6ccccc6n(-c6cc(-c7ccc8ccccc8c7)cc7c6oc6ccccc67)c5c4)ccc3N(c3ccccc3)C2C=C1. The third kappa shape index (κ3) is 4.57. The second kappa shape index (κ2) is 11.7. The van der Waals surface area contributed by atoms with Crippen LogP contribution in [0.15, 0.2) is 199 Å². The molecule has 0 bridgehead atoms. The maximum atomic E-state index is 6.79. The minimum atomic E-state index is 0.253. The number of allylic oxidation sites excluding steroid dienone is 2. The molecule has 3 heteroatoms. The average molecular weight is 703 g/mol. The minimum Gasteiger partial charge on any atom is -0.454 e. The summed E-state index contributed by atoms with van der Waals surface area (Å²) in [7, 11) is 0. The topological polar surface area (TPSA) is 21.3 Å². The number of para-hydroxylation sites is 3. The van der Waals surface area contributed by atoms with Gasteiger partial charge in [-0.05, 0) is 99.3 Å². The molecule has 1 aliphatic carbocycles. The third-order valence-corrected chi connectivity index (χ3v) is 11.9. The highest BCUT2D eigenvalue weighted by Crippen LogP contribution is 2.49. The Balaban J connectivity index is 1.09. The standard InChI is InChI=1S/C52H34N2O/c1-2-14-39(15-3-1)53-46-19-9-7-17-41(46)44-29-36(25-27-48(44)53)37-24-26-42-40-16-6-10-20-47(40)54(49(42)31-37)50-32-38(35-23-22-33-12-4-5-13-34(33)28-35)30-45-43-18-8-11-21-51(43)55-52(45)50/h1-32,41,46H. The molecule has 0 saturated heterocycles. The number of aromatic nitrogens is 1. The number of anilines is 2. The lowest BCUT2D eigenvalue weighted by Gasteiger charge is -2.28. The van der Waals surface area contributed by atoms with Crippen LogP contribution in [0.2, 0.25) is 0 Å². The van der Waals surface area contributed by atoms with Crippen molar-refractivity contribution in [3.63, 3.8) is 0 Å². The van der Waals surface area contributed by atoms with Gasteiger partial charge in [0.2, 0.25) is 0 Å². The zero-order valence-electron chi connectivity index (χ0n) is 29.9. The van der Waals surface area contributed by atoms with E-state index in [9.17, 15) is 0 Å². The van der Waals surface area contributed by atoms with Gasteiger partial charge in [0.25, 0.3) is 0 Å². The van der Waals surface area contributed by atoms with Crippen molar-refractivity contribution in [3.05, 3.63) is 200 Å². The molecular formula is C52H34N2O. The number of hydrogen-bond donors (Lipinski definition) is 0. The molecule has 3 nitrogen and oxygen atoms in total. The van der Waals surface area contributed by atoms with Gasteiger partial charge < -0.3 is 13.9 Å². The normalized spacial score (nSPS) is 16.2. The fourth-order valence-electron chi connectivity index (χ4n) is 9.33. The second-order valence-electron chi connectivity index (χ2n) is 14.9. The molecule has 2 atom stereocenters. The summed E-state index contributed by atoms with van der Waals surface area (Å²) in [5.74, 6) is 0.287. The summed E-state index contributed by atoms with van der Waals surface area (Å²) >= 11 is 0. The van der Waals surface area contributed by atoms with E-state index < -0.39 is 0 Å². The summed E-state index contributed by atoms with van der Waals surface area (Å²) < 4.78 is 9.22. The van der Waals surface area contributed by atoms with E-state index in [0.29, 0.717) is 0 Å². The van der Waals surface area contributed by atoms with Crippen molar-refractivity contribution >= 4 is 65.9 Å². The molecule has 0 saturated carbocycles. The number of fused-ring (bicyclic) bond motifs is 10. The molecule has 0 fully saturated rings. The lowest BCUT2D eigenvalue weighted by atomic mass is 9.89. The molecular weight excluding hydrogens is 669 g/mol. The van der Waals surface area contributed by atoms with Crippen LogP contribution in [0.4, 0.5) is 11.4 Å². The summed E-state index contributed by atoms with van der Waals surface area (Å²) in [5, 5.41) is 7.14. The van der Waals surface area contributed by atoms with E-state index in [1.807, 2.05) is 0 Å². The monoisotopic (exact) mass is 702 g/mol. The smallest absolute Gasteiger partial charge is 0.159 e. The fraction of sp³-hybridized carbons (Fsp3) is 0.0385. The summed E-state index contributed by atoms with van der Waals surface area (Å²) in [5.41, 5.74) is 13.7. The van der Waals surface area contributed by atoms with Crippen LogP contribution in [-0.4, -0.2) is 10.6 Å². The zero-order valence-corrected chi connectivity index (χ0v) is 29.9. The summed E-state index contributed by atoms with van der Waals surface area (Å²) in [6, 6.07) is 62.2. The summed E-state index contributed by atoms with van der Waals surface area (Å²) in [4.78, 5) is 2.49. The van der Waals surface area contributed by atoms with Gasteiger partial charge in [-0.15, -0.1) is 0 Å². The van der Waals surface area contributed by atoms with E-state index in [-0.39, 0.29) is 12.0 Å². The van der Waals surface area contributed by atoms with Gasteiger partial charge in [0.1, 0.15) is 5.58 Å². The Morgan fingerprint density at radius 1 is 0.436 bits per heavy atom. The highest BCUT2D eigenvalue weighted by Gasteiger charge is 2.37. The molecule has 2 unspecified atom stereocenters. The van der Waals surface area contributed by atoms with E-state index >= 15 is 0 Å². The average Bonchev–Trinajstić information content (AvgIpc) is 3.91. The number of furan rings is 1. The number of nitrogens with zero attached hydrogens (tertiary/aromatic N) is 2. The van der Waals surface area contributed by atoms with E-state index in [0.717, 1.165) is 44.2 Å². The molecule has 2 aliphatic rings. The maximum Gasteiger partial charge on any atom is 0.159 e. The van der Waals surface area contributed by atoms with Crippen molar-refractivity contribution in [1.29, 1.82) is 0 Å². The van der Waals surface area contributed by atoms with Crippen molar-refractivity contribution in [2.75, 3.05) is 4.90 Å². The zero-order chi connectivity index (χ0) is 36.0. The van der Waals surface area contributed by atoms with Crippen molar-refractivity contribution in [2.45, 2.75) is 12.0 Å². The summed E-state index contributed by atoms with van der Waals surface area (Å²) in [6.07, 6.45) is 9.08. The second-order valence-corrected chi connectivity index (χ2v) is 14.9. The van der Waals surface area contributed by atoms with Gasteiger partial charge in [-0.3, -0.25) is 0 Å². The van der Waals surface area contributed by atoms with Crippen LogP contribution in [0.5, 0.6) is 0 Å². The molecule has 0 spiro atoms. The van der Waals surface area contributed by atoms with Gasteiger partial charge >= 0.3 is 0 Å². The first-order valence-electron chi connectivity index (χ1n) is 19.1. The van der Waals surface area contributed by atoms with Gasteiger partial charge in [-0.1, -0.05) is 133 Å². The number of benzene rings is 8. The molecule has 258 valence electrons. The molecule has 55 heavy (non-hydrogen) atoms. The molecule has 10 aromatic rings. The van der Waals surface area contributed by atoms with Gasteiger partial charge in [-0.2, -0.15) is 0 Å². The predicted octanol–water partition coefficient (Wildman–Crippen LogP) is 13.9. The predicted molar refractivity (Wildman–Crippen MR) is 230 cm³/mol. The number of hydrogen-bond acceptors (Lipinski definition) is 2. The van der Waals surface area contributed by atoms with Crippen molar-refractivity contribution in [1.82, 2.24) is 4.57 Å². The molecule has 0 radical (unpaired) electrons. The van der Waals surface area contributed by atoms with Crippen LogP contribution >= 0.6 is 0 Å². The lowest BCUT2D eigenvalue weighted by Crippen LogP contribution is -2.28. The lowest BCUT2D eigenvalue weighted by molar-refractivity contribution is 0.666. The fourth-order valence-corrected chi connectivity index (χ4v) is 9.33. The first-order chi connectivity index (χ1) is 27.3. The van der Waals surface area contributed by atoms with E-state index in [1.165, 1.54) is 55.2 Å². The Labute approximate surface area is 318 Å². The van der Waals surface area contributed by atoms with Gasteiger partial charge in [-0.25, -0.2) is 0 Å². The van der Waals surface area contributed by atoms with Gasteiger partial charge in [0.15, 0.2) is 5.58 Å². The largest absolute Gasteiger partial charge is 0.454 e. The van der Waals surface area contributed by atoms with Crippen molar-refractivity contribution in [2.24, 2.45) is 0 Å². The first kappa shape index (κ1) is 30.4. The van der Waals surface area contributed by atoms with E-state index in [2.05, 4.69) is 204 Å². The third-order valence-electron chi connectivity index (χ3n) is 11.9. The van der Waals surface area contributed by atoms with Crippen LogP contribution in [0, 0.1) is 0 Å². The molecule has 0 amide bonds. The molecule has 1 aliphatic heterocycles. The van der Waals surface area contributed by atoms with Gasteiger partial charge in [0, 0.05) is 38.8 Å². The van der Waals surface area contributed by atoms with Crippen molar-refractivity contribution in [3.8, 4) is 27.9 Å². The summed E-state index contributed by atoms with van der Waals surface area (Å²) in [6.45, 7) is 0. The van der Waals surface area contributed by atoms with Crippen LogP contribution in [0.3, 0.4) is 0 Å². The number of rotatable bonds is 4. The Morgan fingerprint density at radius 3 is 2.07 bits per heavy atom. The van der Waals surface area contributed by atoms with Crippen LogP contribution in [0.25, 0.3) is 82.5 Å². The molecule has 0 N–H and O–H groups in total. The minimum absolute atomic E-state index is 0.253. The Hall–Kier alpha value is -7.10. The molecule has 3 heterocycles. The maximum absolute atomic E-state index is 6.79. The molecule has 8 aromatic carbocycles. The van der Waals surface area contributed by atoms with E-state index in [1.54, 1.807) is 0 Å². The van der Waals surface area contributed by atoms with Crippen LogP contribution in [-0.2, 0) is 0 Å².